The van der Waals surface area contributed by atoms with Gasteiger partial charge in [0.1, 0.15) is 0 Å². The Morgan fingerprint density at radius 2 is 1.60 bits per heavy atom. The van der Waals surface area contributed by atoms with E-state index in [0.717, 1.165) is 48.9 Å². The van der Waals surface area contributed by atoms with Crippen LogP contribution in [0.3, 0.4) is 0 Å². The summed E-state index contributed by atoms with van der Waals surface area (Å²) in [5, 5.41) is 0. The van der Waals surface area contributed by atoms with Gasteiger partial charge in [-0.05, 0) is 74.4 Å². The van der Waals surface area contributed by atoms with E-state index in [0.29, 0.717) is 44.6 Å². The van der Waals surface area contributed by atoms with Gasteiger partial charge >= 0.3 is 6.18 Å². The highest BCUT2D eigenvalue weighted by atomic mass is 19.4. The van der Waals surface area contributed by atoms with E-state index in [4.69, 9.17) is 0 Å². The summed E-state index contributed by atoms with van der Waals surface area (Å²) >= 11 is 0. The van der Waals surface area contributed by atoms with E-state index in [1.165, 1.54) is 17.7 Å². The molecule has 228 valence electrons. The second-order valence-corrected chi connectivity index (χ2v) is 11.5. The number of hydrogen-bond donors (Lipinski definition) is 0. The molecule has 43 heavy (non-hydrogen) atoms. The highest BCUT2D eigenvalue weighted by Gasteiger charge is 2.32. The molecule has 1 heterocycles. The van der Waals surface area contributed by atoms with Gasteiger partial charge in [0.25, 0.3) is 11.8 Å². The molecule has 1 fully saturated rings. The van der Waals surface area contributed by atoms with Crippen LogP contribution in [0, 0.1) is 12.8 Å². The van der Waals surface area contributed by atoms with E-state index < -0.39 is 11.7 Å². The zero-order valence-electron chi connectivity index (χ0n) is 25.1. The van der Waals surface area contributed by atoms with Crippen molar-refractivity contribution in [2.75, 3.05) is 26.2 Å². The Labute approximate surface area is 253 Å². The van der Waals surface area contributed by atoms with Crippen molar-refractivity contribution < 1.29 is 22.8 Å². The number of carbonyl (C=O) groups excluding carboxylic acids is 2. The summed E-state index contributed by atoms with van der Waals surface area (Å²) in [6.45, 7) is 6.13. The number of piperidine rings is 1. The summed E-state index contributed by atoms with van der Waals surface area (Å²) in [6.07, 6.45) is 3.25. The molecule has 0 aliphatic carbocycles. The number of unbranched alkanes of at least 4 members (excludes halogenated alkanes) is 2. The van der Waals surface area contributed by atoms with Gasteiger partial charge in [-0.15, -0.1) is 0 Å². The quantitative estimate of drug-likeness (QED) is 0.210. The number of benzene rings is 3. The molecule has 0 radical (unpaired) electrons. The van der Waals surface area contributed by atoms with Crippen LogP contribution in [-0.4, -0.2) is 47.8 Å². The summed E-state index contributed by atoms with van der Waals surface area (Å²) in [5.74, 6) is -0.230. The van der Waals surface area contributed by atoms with Crippen LogP contribution in [0.1, 0.15) is 82.9 Å². The number of hydrogen-bond acceptors (Lipinski definition) is 2. The number of likely N-dealkylation sites (tertiary alicyclic amines) is 1. The monoisotopic (exact) mass is 590 g/mol. The minimum atomic E-state index is -4.50. The Balaban J connectivity index is 1.49. The molecule has 0 spiro atoms. The number of aryl methyl sites for hydroxylation is 1. The van der Waals surface area contributed by atoms with Gasteiger partial charge in [0, 0.05) is 37.3 Å². The minimum Gasteiger partial charge on any atom is -0.339 e. The van der Waals surface area contributed by atoms with E-state index in [-0.39, 0.29) is 23.3 Å². The first kappa shape index (κ1) is 32.1. The topological polar surface area (TPSA) is 40.6 Å². The lowest BCUT2D eigenvalue weighted by Crippen LogP contribution is -2.43. The maximum atomic E-state index is 13.9. The fourth-order valence-corrected chi connectivity index (χ4v) is 5.57. The lowest BCUT2D eigenvalue weighted by atomic mass is 9.94. The first-order chi connectivity index (χ1) is 20.6. The molecule has 4 nitrogen and oxygen atoms in total. The Hall–Kier alpha value is -3.87. The number of carbonyl (C=O) groups is 2. The van der Waals surface area contributed by atoms with E-state index in [1.807, 2.05) is 54.3 Å². The van der Waals surface area contributed by atoms with Crippen LogP contribution in [-0.2, 0) is 6.18 Å². The number of nitrogens with zero attached hydrogens (tertiary/aromatic N) is 2. The van der Waals surface area contributed by atoms with Gasteiger partial charge in [-0.1, -0.05) is 85.5 Å². The van der Waals surface area contributed by atoms with E-state index in [1.54, 1.807) is 4.90 Å². The van der Waals surface area contributed by atoms with Gasteiger partial charge in [-0.3, -0.25) is 9.59 Å². The largest absolute Gasteiger partial charge is 0.416 e. The third-order valence-corrected chi connectivity index (χ3v) is 8.07. The van der Waals surface area contributed by atoms with Crippen LogP contribution in [0.5, 0.6) is 0 Å². The predicted molar refractivity (Wildman–Crippen MR) is 166 cm³/mol. The van der Waals surface area contributed by atoms with Crippen molar-refractivity contribution in [3.8, 4) is 0 Å². The minimum absolute atomic E-state index is 0.0167. The van der Waals surface area contributed by atoms with Crippen molar-refractivity contribution in [2.24, 2.45) is 5.92 Å². The van der Waals surface area contributed by atoms with Crippen molar-refractivity contribution in [3.63, 3.8) is 0 Å². The highest BCUT2D eigenvalue weighted by Crippen LogP contribution is 2.30. The highest BCUT2D eigenvalue weighted by molar-refractivity contribution is 5.95. The van der Waals surface area contributed by atoms with Gasteiger partial charge in [-0.2, -0.15) is 13.2 Å². The van der Waals surface area contributed by atoms with Gasteiger partial charge in [0.15, 0.2) is 0 Å². The standard InChI is InChI=1S/C36H41F3N2O2/c1-3-4-6-12-30(23-28-10-7-5-8-11-28)26-41(34(42)31-17-15-27(2)16-18-31)25-29-19-21-40(22-20-29)35(43)32-13-9-14-33(24-32)36(37,38)39/h5,7-11,13-18,23-24,29H,3-4,6,12,19-22,25-26H2,1-2H3/b30-23-. The third kappa shape index (κ3) is 9.31. The first-order valence-electron chi connectivity index (χ1n) is 15.2. The fourth-order valence-electron chi connectivity index (χ4n) is 5.57. The average molecular weight is 591 g/mol. The van der Waals surface area contributed by atoms with Crippen LogP contribution in [0.25, 0.3) is 6.08 Å². The van der Waals surface area contributed by atoms with E-state index in [2.05, 4.69) is 25.1 Å². The molecule has 0 atom stereocenters. The lowest BCUT2D eigenvalue weighted by Gasteiger charge is -2.35. The molecule has 0 unspecified atom stereocenters. The van der Waals surface area contributed by atoms with Crippen molar-refractivity contribution in [1.82, 2.24) is 9.80 Å². The molecule has 7 heteroatoms. The van der Waals surface area contributed by atoms with Crippen LogP contribution in [0.15, 0.2) is 84.4 Å². The SMILES string of the molecule is CCCCC/C(=C/c1ccccc1)CN(CC1CCN(C(=O)c2cccc(C(F)(F)F)c2)CC1)C(=O)c1ccc(C)cc1. The maximum Gasteiger partial charge on any atom is 0.416 e. The smallest absolute Gasteiger partial charge is 0.339 e. The van der Waals surface area contributed by atoms with Gasteiger partial charge < -0.3 is 9.80 Å². The van der Waals surface area contributed by atoms with Gasteiger partial charge in [0.05, 0.1) is 5.56 Å². The average Bonchev–Trinajstić information content (AvgIpc) is 3.01. The molecular weight excluding hydrogens is 549 g/mol. The summed E-state index contributed by atoms with van der Waals surface area (Å²) in [7, 11) is 0. The van der Waals surface area contributed by atoms with Crippen molar-refractivity contribution in [1.29, 1.82) is 0 Å². The molecule has 1 saturated heterocycles. The Kier molecular flexibility index (Phi) is 11.2. The molecule has 1 aliphatic rings. The second-order valence-electron chi connectivity index (χ2n) is 11.5. The Morgan fingerprint density at radius 3 is 2.26 bits per heavy atom. The summed E-state index contributed by atoms with van der Waals surface area (Å²) in [6, 6.07) is 22.4. The maximum absolute atomic E-state index is 13.9. The van der Waals surface area contributed by atoms with Gasteiger partial charge in [-0.25, -0.2) is 0 Å². The molecule has 3 aromatic rings. The molecule has 1 aliphatic heterocycles. The van der Waals surface area contributed by atoms with E-state index >= 15 is 0 Å². The molecule has 2 amide bonds. The molecule has 3 aromatic carbocycles. The lowest BCUT2D eigenvalue weighted by molar-refractivity contribution is -0.137. The Bertz CT molecular complexity index is 1380. The first-order valence-corrected chi connectivity index (χ1v) is 15.2. The van der Waals surface area contributed by atoms with Crippen molar-refractivity contribution in [2.45, 2.75) is 58.5 Å². The second kappa shape index (κ2) is 15.0. The third-order valence-electron chi connectivity index (χ3n) is 8.07. The summed E-state index contributed by atoms with van der Waals surface area (Å²) < 4.78 is 39.6. The fraction of sp³-hybridized carbons (Fsp3) is 0.389. The number of alkyl halides is 3. The Morgan fingerprint density at radius 1 is 0.907 bits per heavy atom. The van der Waals surface area contributed by atoms with Crippen LogP contribution in [0.4, 0.5) is 13.2 Å². The van der Waals surface area contributed by atoms with Crippen molar-refractivity contribution in [3.05, 3.63) is 112 Å². The molecule has 0 bridgehead atoms. The summed E-state index contributed by atoms with van der Waals surface area (Å²) in [4.78, 5) is 30.5. The predicted octanol–water partition coefficient (Wildman–Crippen LogP) is 8.67. The number of rotatable bonds is 11. The normalized spacial score (nSPS) is 14.5. The van der Waals surface area contributed by atoms with Crippen molar-refractivity contribution >= 4 is 17.9 Å². The van der Waals surface area contributed by atoms with Gasteiger partial charge in [0.2, 0.25) is 0 Å². The van der Waals surface area contributed by atoms with E-state index in [9.17, 15) is 22.8 Å². The number of amides is 2. The summed E-state index contributed by atoms with van der Waals surface area (Å²) in [5.41, 5.74) is 3.28. The zero-order chi connectivity index (χ0) is 30.8. The molecule has 0 saturated carbocycles. The number of halogens is 3. The van der Waals surface area contributed by atoms with Crippen LogP contribution < -0.4 is 0 Å². The van der Waals surface area contributed by atoms with Crippen LogP contribution in [0.2, 0.25) is 0 Å². The zero-order valence-corrected chi connectivity index (χ0v) is 25.1. The molecule has 4 rings (SSSR count). The van der Waals surface area contributed by atoms with Crippen LogP contribution >= 0.6 is 0 Å². The molecule has 0 N–H and O–H groups in total. The molecule has 0 aromatic heterocycles. The molecular formula is C36H41F3N2O2.